The van der Waals surface area contributed by atoms with Crippen LogP contribution < -0.4 is 4.74 Å². The summed E-state index contributed by atoms with van der Waals surface area (Å²) in [5, 5.41) is 11.1. The van der Waals surface area contributed by atoms with Crippen molar-refractivity contribution in [3.8, 4) is 5.75 Å². The van der Waals surface area contributed by atoms with Crippen LogP contribution in [0.5, 0.6) is 5.75 Å². The minimum atomic E-state index is -0.558. The van der Waals surface area contributed by atoms with Gasteiger partial charge in [0.2, 0.25) is 0 Å². The Bertz CT molecular complexity index is 1070. The Morgan fingerprint density at radius 1 is 1.16 bits per heavy atom. The number of nitro groups is 1. The zero-order valence-corrected chi connectivity index (χ0v) is 19.7. The first-order valence-electron chi connectivity index (χ1n) is 11.7. The van der Waals surface area contributed by atoms with Crippen LogP contribution in [0.4, 0.5) is 5.69 Å². The largest absolute Gasteiger partial charge is 0.423 e. The molecule has 2 atom stereocenters. The van der Waals surface area contributed by atoms with Crippen LogP contribution >= 0.6 is 0 Å². The molecule has 2 aliphatic rings. The second-order valence-corrected chi connectivity index (χ2v) is 10.7. The quantitative estimate of drug-likeness (QED) is 0.225. The molecule has 0 aliphatic heterocycles. The third-order valence-corrected chi connectivity index (χ3v) is 7.90. The maximum absolute atomic E-state index is 13.0. The van der Waals surface area contributed by atoms with Crippen molar-refractivity contribution in [3.63, 3.8) is 0 Å². The summed E-state index contributed by atoms with van der Waals surface area (Å²) in [6, 6.07) is 10.1. The zero-order valence-electron chi connectivity index (χ0n) is 19.7. The van der Waals surface area contributed by atoms with Gasteiger partial charge in [-0.15, -0.1) is 0 Å². The first-order chi connectivity index (χ1) is 15.0. The normalized spacial score (nSPS) is 23.9. The van der Waals surface area contributed by atoms with Crippen molar-refractivity contribution in [3.05, 3.63) is 68.8 Å². The van der Waals surface area contributed by atoms with Crippen molar-refractivity contribution in [2.45, 2.75) is 78.1 Å². The van der Waals surface area contributed by atoms with Crippen LogP contribution in [0.25, 0.3) is 0 Å². The van der Waals surface area contributed by atoms with Crippen LogP contribution in [-0.2, 0) is 11.8 Å². The number of nitrogens with zero attached hydrogens (tertiary/aromatic N) is 1. The van der Waals surface area contributed by atoms with Crippen molar-refractivity contribution in [2.24, 2.45) is 11.3 Å². The number of aryl methyl sites for hydroxylation is 1. The molecule has 5 heteroatoms. The fourth-order valence-corrected chi connectivity index (χ4v) is 6.28. The van der Waals surface area contributed by atoms with E-state index in [4.69, 9.17) is 4.74 Å². The van der Waals surface area contributed by atoms with Gasteiger partial charge in [-0.2, -0.15) is 0 Å². The van der Waals surface area contributed by atoms with Crippen molar-refractivity contribution >= 4 is 11.7 Å². The van der Waals surface area contributed by atoms with Gasteiger partial charge < -0.3 is 4.74 Å². The lowest BCUT2D eigenvalue weighted by Gasteiger charge is -2.54. The highest BCUT2D eigenvalue weighted by atomic mass is 16.6. The van der Waals surface area contributed by atoms with Crippen LogP contribution in [-0.4, -0.2) is 10.9 Å². The molecule has 0 spiro atoms. The number of benzene rings is 2. The SMILES string of the molecule is CC(C)c1cc2c(cc1OC(=O)c1cccc([N+](=O)[O-])c1)[C@@]1(C)CCCC(C)(C)[C@@H]1CC2. The average molecular weight is 436 g/mol. The topological polar surface area (TPSA) is 69.4 Å². The summed E-state index contributed by atoms with van der Waals surface area (Å²) in [5.74, 6) is 0.820. The summed E-state index contributed by atoms with van der Waals surface area (Å²) in [6.45, 7) is 11.4. The van der Waals surface area contributed by atoms with Gasteiger partial charge >= 0.3 is 5.97 Å². The van der Waals surface area contributed by atoms with Gasteiger partial charge in [-0.05, 0) is 77.2 Å². The molecule has 0 unspecified atom stereocenters. The maximum Gasteiger partial charge on any atom is 0.343 e. The molecule has 0 amide bonds. The van der Waals surface area contributed by atoms with Gasteiger partial charge in [0.15, 0.2) is 0 Å². The van der Waals surface area contributed by atoms with E-state index in [0.717, 1.165) is 18.4 Å². The molecule has 0 saturated heterocycles. The molecule has 5 nitrogen and oxygen atoms in total. The van der Waals surface area contributed by atoms with E-state index in [2.05, 4.69) is 46.8 Å². The van der Waals surface area contributed by atoms with Gasteiger partial charge in [-0.3, -0.25) is 10.1 Å². The number of hydrogen-bond donors (Lipinski definition) is 0. The number of rotatable bonds is 4. The number of carbonyl (C=O) groups is 1. The minimum absolute atomic E-state index is 0.0670. The van der Waals surface area contributed by atoms with Gasteiger partial charge in [0, 0.05) is 12.1 Å². The standard InChI is InChI=1S/C27H33NO4/c1-17(2)21-15-18-10-11-24-26(3,4)12-7-13-27(24,5)22(18)16-23(21)32-25(29)19-8-6-9-20(14-19)28(30)31/h6,8-9,14-17,24H,7,10-13H2,1-5H3/t24-,27+/m0/s1. The number of hydrogen-bond acceptors (Lipinski definition) is 4. The molecule has 4 rings (SSSR count). The predicted octanol–water partition coefficient (Wildman–Crippen LogP) is 6.97. The lowest BCUT2D eigenvalue weighted by molar-refractivity contribution is -0.384. The van der Waals surface area contributed by atoms with Crippen LogP contribution in [0.2, 0.25) is 0 Å². The van der Waals surface area contributed by atoms with E-state index in [1.54, 1.807) is 6.07 Å². The lowest BCUT2D eigenvalue weighted by Crippen LogP contribution is -2.47. The van der Waals surface area contributed by atoms with Crippen LogP contribution in [0.3, 0.4) is 0 Å². The van der Waals surface area contributed by atoms with E-state index in [9.17, 15) is 14.9 Å². The van der Waals surface area contributed by atoms with E-state index >= 15 is 0 Å². The summed E-state index contributed by atoms with van der Waals surface area (Å²) in [5.41, 5.74) is 4.13. The molecule has 1 saturated carbocycles. The van der Waals surface area contributed by atoms with E-state index < -0.39 is 10.9 Å². The molecule has 0 radical (unpaired) electrons. The summed E-state index contributed by atoms with van der Waals surface area (Å²) in [7, 11) is 0. The summed E-state index contributed by atoms with van der Waals surface area (Å²) in [4.78, 5) is 23.6. The molecule has 0 N–H and O–H groups in total. The summed E-state index contributed by atoms with van der Waals surface area (Å²) >= 11 is 0. The fourth-order valence-electron chi connectivity index (χ4n) is 6.28. The highest BCUT2D eigenvalue weighted by molar-refractivity contribution is 5.92. The van der Waals surface area contributed by atoms with E-state index in [1.807, 2.05) is 0 Å². The number of nitro benzene ring substituents is 1. The number of fused-ring (bicyclic) bond motifs is 3. The van der Waals surface area contributed by atoms with Gasteiger partial charge in [0.05, 0.1) is 10.5 Å². The number of ether oxygens (including phenoxy) is 1. The molecule has 0 bridgehead atoms. The molecule has 2 aromatic carbocycles. The van der Waals surface area contributed by atoms with Gasteiger partial charge in [-0.25, -0.2) is 4.79 Å². The predicted molar refractivity (Wildman–Crippen MR) is 125 cm³/mol. The van der Waals surface area contributed by atoms with Crippen molar-refractivity contribution in [2.75, 3.05) is 0 Å². The Morgan fingerprint density at radius 3 is 2.59 bits per heavy atom. The average Bonchev–Trinajstić information content (AvgIpc) is 2.73. The van der Waals surface area contributed by atoms with Crippen molar-refractivity contribution in [1.82, 2.24) is 0 Å². The van der Waals surface area contributed by atoms with Crippen molar-refractivity contribution < 1.29 is 14.5 Å². The Labute approximate surface area is 190 Å². The smallest absolute Gasteiger partial charge is 0.343 e. The molecule has 0 aromatic heterocycles. The molecule has 0 heterocycles. The van der Waals surface area contributed by atoms with Gasteiger partial charge in [0.1, 0.15) is 5.75 Å². The second kappa shape index (κ2) is 8.02. The van der Waals surface area contributed by atoms with Gasteiger partial charge in [-0.1, -0.05) is 53.2 Å². The molecule has 32 heavy (non-hydrogen) atoms. The number of esters is 1. The van der Waals surface area contributed by atoms with E-state index in [-0.39, 0.29) is 22.6 Å². The maximum atomic E-state index is 13.0. The van der Waals surface area contributed by atoms with E-state index in [1.165, 1.54) is 48.6 Å². The monoisotopic (exact) mass is 435 g/mol. The number of non-ortho nitro benzene ring substituents is 1. The van der Waals surface area contributed by atoms with Crippen molar-refractivity contribution in [1.29, 1.82) is 0 Å². The van der Waals surface area contributed by atoms with Crippen LogP contribution in [0.1, 0.15) is 93.3 Å². The Hall–Kier alpha value is -2.69. The lowest BCUT2D eigenvalue weighted by atomic mass is 9.50. The van der Waals surface area contributed by atoms with Gasteiger partial charge in [0.25, 0.3) is 5.69 Å². The Balaban J connectivity index is 1.75. The highest BCUT2D eigenvalue weighted by Gasteiger charge is 2.50. The first-order valence-corrected chi connectivity index (χ1v) is 11.7. The molecular weight excluding hydrogens is 402 g/mol. The Kier molecular flexibility index (Phi) is 5.64. The fraction of sp³-hybridized carbons (Fsp3) is 0.519. The van der Waals surface area contributed by atoms with Crippen LogP contribution in [0, 0.1) is 21.4 Å². The molecule has 2 aliphatic carbocycles. The molecule has 2 aromatic rings. The first kappa shape index (κ1) is 22.5. The summed E-state index contributed by atoms with van der Waals surface area (Å²) in [6.07, 6.45) is 5.85. The van der Waals surface area contributed by atoms with E-state index in [0.29, 0.717) is 17.1 Å². The Morgan fingerprint density at radius 2 is 1.91 bits per heavy atom. The number of carbonyl (C=O) groups excluding carboxylic acids is 1. The van der Waals surface area contributed by atoms with Crippen LogP contribution in [0.15, 0.2) is 36.4 Å². The third kappa shape index (κ3) is 3.82. The third-order valence-electron chi connectivity index (χ3n) is 7.90. The molecule has 170 valence electrons. The highest BCUT2D eigenvalue weighted by Crippen LogP contribution is 2.57. The molecule has 1 fully saturated rings. The second-order valence-electron chi connectivity index (χ2n) is 10.7. The summed E-state index contributed by atoms with van der Waals surface area (Å²) < 4.78 is 5.91. The zero-order chi connectivity index (χ0) is 23.3. The minimum Gasteiger partial charge on any atom is -0.423 e. The molecular formula is C27H33NO4.